The van der Waals surface area contributed by atoms with E-state index in [0.717, 1.165) is 16.5 Å². The second-order valence-electron chi connectivity index (χ2n) is 9.42. The van der Waals surface area contributed by atoms with Gasteiger partial charge in [0.25, 0.3) is 10.0 Å². The summed E-state index contributed by atoms with van der Waals surface area (Å²) in [4.78, 5) is 24.4. The fourth-order valence-corrected chi connectivity index (χ4v) is 6.53. The van der Waals surface area contributed by atoms with Crippen LogP contribution >= 0.6 is 0 Å². The highest BCUT2D eigenvalue weighted by atomic mass is 32.2. The van der Waals surface area contributed by atoms with Gasteiger partial charge in [0.1, 0.15) is 6.33 Å². The summed E-state index contributed by atoms with van der Waals surface area (Å²) >= 11 is 0. The number of benzene rings is 3. The van der Waals surface area contributed by atoms with Gasteiger partial charge in [-0.15, -0.1) is 0 Å². The molecule has 5 aromatic rings. The van der Waals surface area contributed by atoms with E-state index < -0.39 is 10.0 Å². The Morgan fingerprint density at radius 2 is 1.84 bits per heavy atom. The van der Waals surface area contributed by atoms with Crippen molar-refractivity contribution in [3.63, 3.8) is 0 Å². The zero-order valence-electron chi connectivity index (χ0n) is 20.7. The molecule has 1 fully saturated rings. The van der Waals surface area contributed by atoms with Crippen molar-refractivity contribution in [3.05, 3.63) is 90.9 Å². The van der Waals surface area contributed by atoms with E-state index in [1.165, 1.54) is 10.6 Å². The standard InChI is InChI=1S/C29H26N4O4S/c1-2-37-29(34)22-14-21(15-22)19-8-10-27-25(17-19)28(32-18-31-27)33(38(35,36)24-6-4-3-5-7-24)23-9-11-26-20(16-23)12-13-30-26/h3-13,16-18,21-22,30H,2,14-15H2,1H3. The minimum absolute atomic E-state index is 0.106. The Morgan fingerprint density at radius 3 is 2.63 bits per heavy atom. The van der Waals surface area contributed by atoms with Crippen molar-refractivity contribution >= 4 is 49.3 Å². The lowest BCUT2D eigenvalue weighted by Gasteiger charge is -2.34. The third-order valence-electron chi connectivity index (χ3n) is 7.11. The average Bonchev–Trinajstić information content (AvgIpc) is 3.37. The van der Waals surface area contributed by atoms with Crippen molar-refractivity contribution in [2.45, 2.75) is 30.6 Å². The van der Waals surface area contributed by atoms with E-state index in [2.05, 4.69) is 15.0 Å². The van der Waals surface area contributed by atoms with Crippen LogP contribution in [-0.4, -0.2) is 35.9 Å². The van der Waals surface area contributed by atoms with E-state index >= 15 is 0 Å². The van der Waals surface area contributed by atoms with Gasteiger partial charge in [0.05, 0.1) is 28.6 Å². The molecule has 38 heavy (non-hydrogen) atoms. The van der Waals surface area contributed by atoms with Crippen LogP contribution < -0.4 is 4.31 Å². The Hall–Kier alpha value is -4.24. The number of ether oxygens (including phenoxy) is 1. The number of nitrogens with one attached hydrogen (secondary N) is 1. The molecule has 2 heterocycles. The van der Waals surface area contributed by atoms with Crippen molar-refractivity contribution in [3.8, 4) is 0 Å². The fourth-order valence-electron chi connectivity index (χ4n) is 5.06. The predicted molar refractivity (Wildman–Crippen MR) is 146 cm³/mol. The first-order chi connectivity index (χ1) is 18.5. The number of anilines is 2. The summed E-state index contributed by atoms with van der Waals surface area (Å²) in [7, 11) is -4.03. The zero-order valence-corrected chi connectivity index (χ0v) is 21.6. The number of nitrogens with zero attached hydrogens (tertiary/aromatic N) is 3. The molecule has 1 saturated carbocycles. The van der Waals surface area contributed by atoms with Crippen LogP contribution in [0.3, 0.4) is 0 Å². The van der Waals surface area contributed by atoms with Crippen molar-refractivity contribution in [1.29, 1.82) is 0 Å². The van der Waals surface area contributed by atoms with Crippen LogP contribution in [0.4, 0.5) is 11.5 Å². The first-order valence-electron chi connectivity index (χ1n) is 12.5. The highest BCUT2D eigenvalue weighted by Crippen LogP contribution is 2.44. The smallest absolute Gasteiger partial charge is 0.308 e. The van der Waals surface area contributed by atoms with Crippen molar-refractivity contribution < 1.29 is 17.9 Å². The lowest BCUT2D eigenvalue weighted by molar-refractivity contribution is -0.151. The van der Waals surface area contributed by atoms with Crippen molar-refractivity contribution in [2.75, 3.05) is 10.9 Å². The van der Waals surface area contributed by atoms with Crippen molar-refractivity contribution in [2.24, 2.45) is 5.92 Å². The molecule has 0 aliphatic heterocycles. The van der Waals surface area contributed by atoms with Crippen LogP contribution in [0, 0.1) is 5.92 Å². The molecule has 1 aliphatic rings. The number of aromatic nitrogens is 3. The molecule has 2 aromatic heterocycles. The second-order valence-corrected chi connectivity index (χ2v) is 11.2. The molecule has 0 atom stereocenters. The molecule has 192 valence electrons. The van der Waals surface area contributed by atoms with Gasteiger partial charge in [-0.2, -0.15) is 0 Å². The number of H-pyrrole nitrogens is 1. The van der Waals surface area contributed by atoms with Gasteiger partial charge >= 0.3 is 5.97 Å². The molecule has 9 heteroatoms. The average molecular weight is 527 g/mol. The molecule has 3 aromatic carbocycles. The summed E-state index contributed by atoms with van der Waals surface area (Å²) in [6.45, 7) is 2.18. The van der Waals surface area contributed by atoms with Crippen LogP contribution in [0.2, 0.25) is 0 Å². The minimum atomic E-state index is -4.03. The Morgan fingerprint density at radius 1 is 1.03 bits per heavy atom. The number of sulfonamides is 1. The van der Waals surface area contributed by atoms with Gasteiger partial charge in [-0.3, -0.25) is 4.79 Å². The van der Waals surface area contributed by atoms with Crippen LogP contribution in [0.25, 0.3) is 21.8 Å². The summed E-state index contributed by atoms with van der Waals surface area (Å²) in [6, 6.07) is 21.5. The van der Waals surface area contributed by atoms with Gasteiger partial charge in [-0.05, 0) is 79.8 Å². The first-order valence-corrected chi connectivity index (χ1v) is 14.0. The molecule has 1 aliphatic carbocycles. The number of rotatable bonds is 7. The van der Waals surface area contributed by atoms with E-state index in [1.54, 1.807) is 36.4 Å². The van der Waals surface area contributed by atoms with Gasteiger partial charge < -0.3 is 9.72 Å². The fraction of sp³-hybridized carbons (Fsp3) is 0.207. The SMILES string of the molecule is CCOC(=O)C1CC(c2ccc3ncnc(N(c4ccc5[nH]ccc5c4)S(=O)(=O)c4ccccc4)c3c2)C1. The van der Waals surface area contributed by atoms with Crippen molar-refractivity contribution in [1.82, 2.24) is 15.0 Å². The van der Waals surface area contributed by atoms with E-state index in [1.807, 2.05) is 49.5 Å². The third kappa shape index (κ3) is 4.18. The second kappa shape index (κ2) is 9.57. The van der Waals surface area contributed by atoms with Gasteiger partial charge in [0.2, 0.25) is 0 Å². The Bertz CT molecular complexity index is 1740. The highest BCUT2D eigenvalue weighted by molar-refractivity contribution is 7.93. The van der Waals surface area contributed by atoms with Crippen LogP contribution in [0.5, 0.6) is 0 Å². The zero-order chi connectivity index (χ0) is 26.3. The first kappa shape index (κ1) is 24.1. The summed E-state index contributed by atoms with van der Waals surface area (Å²) in [5.41, 5.74) is 3.03. The largest absolute Gasteiger partial charge is 0.466 e. The topological polar surface area (TPSA) is 105 Å². The number of esters is 1. The molecule has 0 amide bonds. The van der Waals surface area contributed by atoms with Gasteiger partial charge in [0, 0.05) is 22.5 Å². The van der Waals surface area contributed by atoms with Crippen LogP contribution in [-0.2, 0) is 19.6 Å². The summed E-state index contributed by atoms with van der Waals surface area (Å²) in [5, 5.41) is 1.51. The monoisotopic (exact) mass is 526 g/mol. The Labute approximate surface area is 220 Å². The summed E-state index contributed by atoms with van der Waals surface area (Å²) in [5.74, 6) is 0.188. The maximum atomic E-state index is 14.1. The van der Waals surface area contributed by atoms with E-state index in [4.69, 9.17) is 4.74 Å². The lowest BCUT2D eigenvalue weighted by Crippen LogP contribution is -2.30. The molecule has 0 unspecified atom stereocenters. The molecule has 6 rings (SSSR count). The summed E-state index contributed by atoms with van der Waals surface area (Å²) in [6.07, 6.45) is 4.60. The Kier molecular flexibility index (Phi) is 6.07. The third-order valence-corrected chi connectivity index (χ3v) is 8.85. The number of fused-ring (bicyclic) bond motifs is 2. The minimum Gasteiger partial charge on any atom is -0.466 e. The van der Waals surface area contributed by atoms with E-state index in [9.17, 15) is 13.2 Å². The maximum absolute atomic E-state index is 14.1. The number of carbonyl (C=O) groups excluding carboxylic acids is 1. The number of hydrogen-bond acceptors (Lipinski definition) is 6. The Balaban J connectivity index is 1.48. The summed E-state index contributed by atoms with van der Waals surface area (Å²) < 4.78 is 34.7. The molecule has 0 spiro atoms. The maximum Gasteiger partial charge on any atom is 0.308 e. The molecule has 0 bridgehead atoms. The number of aromatic amines is 1. The molecule has 8 nitrogen and oxygen atoms in total. The number of carbonyl (C=O) groups is 1. The highest BCUT2D eigenvalue weighted by Gasteiger charge is 2.37. The van der Waals surface area contributed by atoms with E-state index in [-0.39, 0.29) is 28.5 Å². The molecule has 0 saturated heterocycles. The van der Waals surface area contributed by atoms with Gasteiger partial charge in [-0.25, -0.2) is 22.7 Å². The lowest BCUT2D eigenvalue weighted by atomic mass is 9.71. The molecular weight excluding hydrogens is 500 g/mol. The number of hydrogen-bond donors (Lipinski definition) is 1. The normalized spacial score (nSPS) is 17.3. The van der Waals surface area contributed by atoms with Crippen LogP contribution in [0.15, 0.2) is 90.2 Å². The van der Waals surface area contributed by atoms with E-state index in [0.29, 0.717) is 36.0 Å². The molecule has 0 radical (unpaired) electrons. The predicted octanol–water partition coefficient (Wildman–Crippen LogP) is 5.69. The molecule has 1 N–H and O–H groups in total. The quantitative estimate of drug-likeness (QED) is 0.273. The van der Waals surface area contributed by atoms with Gasteiger partial charge in [0.15, 0.2) is 5.82 Å². The molecular formula is C29H26N4O4S. The van der Waals surface area contributed by atoms with Gasteiger partial charge in [-0.1, -0.05) is 24.3 Å². The van der Waals surface area contributed by atoms with Crippen LogP contribution in [0.1, 0.15) is 31.2 Å².